The number of amides is 1. The number of carbonyl (C=O) groups excluding carboxylic acids is 1. The van der Waals surface area contributed by atoms with E-state index in [2.05, 4.69) is 10.6 Å². The van der Waals surface area contributed by atoms with E-state index in [-0.39, 0.29) is 31.8 Å². The number of hydrogen-bond donors (Lipinski definition) is 2. The number of sulfone groups is 1. The Labute approximate surface area is 156 Å². The fraction of sp³-hybridized carbons (Fsp3) is 0.588. The Kier molecular flexibility index (Phi) is 7.28. The maximum absolute atomic E-state index is 12.7. The molecule has 8 heteroatoms. The van der Waals surface area contributed by atoms with Crippen molar-refractivity contribution in [3.05, 3.63) is 30.3 Å². The molecule has 1 heterocycles. The zero-order valence-electron chi connectivity index (χ0n) is 14.9. The maximum atomic E-state index is 12.7. The lowest BCUT2D eigenvalue weighted by Gasteiger charge is -2.35. The van der Waals surface area contributed by atoms with Crippen LogP contribution in [-0.2, 0) is 14.6 Å². The molecule has 1 aromatic rings. The fourth-order valence-electron chi connectivity index (χ4n) is 2.89. The molecule has 0 atom stereocenters. The summed E-state index contributed by atoms with van der Waals surface area (Å²) in [6.45, 7) is 4.98. The van der Waals surface area contributed by atoms with Crippen LogP contribution in [0.25, 0.3) is 0 Å². The van der Waals surface area contributed by atoms with Crippen LogP contribution in [0.2, 0.25) is 0 Å². The van der Waals surface area contributed by atoms with E-state index in [1.54, 1.807) is 0 Å². The quantitative estimate of drug-likeness (QED) is 0.769. The molecule has 1 aliphatic heterocycles. The summed E-state index contributed by atoms with van der Waals surface area (Å²) in [5.41, 5.74) is -0.650. The Balaban J connectivity index is 0.00000312. The van der Waals surface area contributed by atoms with Crippen molar-refractivity contribution in [1.82, 2.24) is 10.6 Å². The number of benzene rings is 1. The molecule has 0 saturated carbocycles. The average molecular weight is 391 g/mol. The van der Waals surface area contributed by atoms with Gasteiger partial charge < -0.3 is 15.4 Å². The second-order valence-corrected chi connectivity index (χ2v) is 9.20. The number of piperidine rings is 1. The number of carbonyl (C=O) groups is 1. The van der Waals surface area contributed by atoms with Gasteiger partial charge in [0.25, 0.3) is 0 Å². The lowest BCUT2D eigenvalue weighted by atomic mass is 9.95. The molecule has 1 amide bonds. The first-order valence-corrected chi connectivity index (χ1v) is 9.98. The highest BCUT2D eigenvalue weighted by molar-refractivity contribution is 7.92. The third kappa shape index (κ3) is 5.33. The lowest BCUT2D eigenvalue weighted by molar-refractivity contribution is -0.125. The summed E-state index contributed by atoms with van der Waals surface area (Å²) < 4.78 is 29.0. The Morgan fingerprint density at radius 2 is 1.80 bits per heavy atom. The van der Waals surface area contributed by atoms with Crippen LogP contribution < -0.4 is 15.4 Å². The van der Waals surface area contributed by atoms with Gasteiger partial charge in [-0.05, 0) is 51.9 Å². The summed E-state index contributed by atoms with van der Waals surface area (Å²) >= 11 is 0. The predicted molar refractivity (Wildman–Crippen MR) is 101 cm³/mol. The standard InChI is InChI=1S/C17H26N2O4S.ClH/c1-16(2,23-14-7-5-4-6-8-14)13-19-15(20)17(24(3,21)22)9-11-18-12-10-17;/h4-8,18H,9-13H2,1-3H3,(H,19,20);1H. The van der Waals surface area contributed by atoms with Crippen LogP contribution in [0.5, 0.6) is 5.75 Å². The van der Waals surface area contributed by atoms with E-state index in [1.165, 1.54) is 0 Å². The predicted octanol–water partition coefficient (Wildman–Crippen LogP) is 1.55. The van der Waals surface area contributed by atoms with Crippen LogP contribution in [0.4, 0.5) is 0 Å². The molecular formula is C17H27ClN2O4S. The van der Waals surface area contributed by atoms with Crippen LogP contribution in [0.1, 0.15) is 26.7 Å². The van der Waals surface area contributed by atoms with Crippen LogP contribution in [-0.4, -0.2) is 50.6 Å². The van der Waals surface area contributed by atoms with Crippen molar-refractivity contribution in [2.75, 3.05) is 25.9 Å². The van der Waals surface area contributed by atoms with E-state index >= 15 is 0 Å². The van der Waals surface area contributed by atoms with Crippen LogP contribution >= 0.6 is 12.4 Å². The first kappa shape index (κ1) is 21.7. The van der Waals surface area contributed by atoms with Crippen LogP contribution in [0, 0.1) is 0 Å². The Morgan fingerprint density at radius 3 is 2.32 bits per heavy atom. The Hall–Kier alpha value is -1.31. The number of nitrogens with one attached hydrogen (secondary N) is 2. The topological polar surface area (TPSA) is 84.5 Å². The molecule has 1 aromatic carbocycles. The fourth-order valence-corrected chi connectivity index (χ4v) is 4.25. The van der Waals surface area contributed by atoms with E-state index in [0.29, 0.717) is 18.8 Å². The molecule has 142 valence electrons. The van der Waals surface area contributed by atoms with Crippen molar-refractivity contribution in [2.24, 2.45) is 0 Å². The molecular weight excluding hydrogens is 364 g/mol. The van der Waals surface area contributed by atoms with Crippen molar-refractivity contribution in [2.45, 2.75) is 37.0 Å². The second kappa shape index (κ2) is 8.38. The number of hydrogen-bond acceptors (Lipinski definition) is 5. The summed E-state index contributed by atoms with van der Waals surface area (Å²) in [6.07, 6.45) is 1.72. The molecule has 0 aliphatic carbocycles. The molecule has 1 fully saturated rings. The van der Waals surface area contributed by atoms with Crippen molar-refractivity contribution in [1.29, 1.82) is 0 Å². The van der Waals surface area contributed by atoms with E-state index in [0.717, 1.165) is 6.26 Å². The van der Waals surface area contributed by atoms with Crippen LogP contribution in [0.15, 0.2) is 30.3 Å². The Bertz CT molecular complexity index is 671. The van der Waals surface area contributed by atoms with E-state index in [9.17, 15) is 13.2 Å². The van der Waals surface area contributed by atoms with Crippen molar-refractivity contribution in [3.8, 4) is 5.75 Å². The molecule has 6 nitrogen and oxygen atoms in total. The number of para-hydroxylation sites is 1. The van der Waals surface area contributed by atoms with Gasteiger partial charge in [0.1, 0.15) is 11.4 Å². The zero-order valence-corrected chi connectivity index (χ0v) is 16.5. The first-order chi connectivity index (χ1) is 11.2. The minimum absolute atomic E-state index is 0. The van der Waals surface area contributed by atoms with Gasteiger partial charge in [-0.3, -0.25) is 4.79 Å². The van der Waals surface area contributed by atoms with Gasteiger partial charge in [-0.25, -0.2) is 8.42 Å². The van der Waals surface area contributed by atoms with E-state index in [4.69, 9.17) is 4.74 Å². The first-order valence-electron chi connectivity index (χ1n) is 8.09. The number of ether oxygens (including phenoxy) is 1. The molecule has 0 unspecified atom stereocenters. The summed E-state index contributed by atoms with van der Waals surface area (Å²) in [4.78, 5) is 12.7. The minimum atomic E-state index is -3.51. The highest BCUT2D eigenvalue weighted by atomic mass is 35.5. The molecule has 1 aliphatic rings. The van der Waals surface area contributed by atoms with Gasteiger partial charge in [0.05, 0.1) is 6.54 Å². The van der Waals surface area contributed by atoms with Gasteiger partial charge in [0, 0.05) is 6.26 Å². The SMILES string of the molecule is CC(C)(CNC(=O)C1(S(C)(=O)=O)CCNCC1)Oc1ccccc1.Cl. The number of halogens is 1. The van der Waals surface area contributed by atoms with Gasteiger partial charge in [-0.15, -0.1) is 12.4 Å². The lowest BCUT2D eigenvalue weighted by Crippen LogP contribution is -2.59. The summed E-state index contributed by atoms with van der Waals surface area (Å²) in [7, 11) is -3.51. The molecule has 0 aromatic heterocycles. The van der Waals surface area contributed by atoms with Crippen molar-refractivity contribution < 1.29 is 17.9 Å². The molecule has 0 bridgehead atoms. The minimum Gasteiger partial charge on any atom is -0.486 e. The molecule has 2 rings (SSSR count). The van der Waals surface area contributed by atoms with Gasteiger partial charge in [-0.2, -0.15) is 0 Å². The third-order valence-corrected chi connectivity index (χ3v) is 6.36. The monoisotopic (exact) mass is 390 g/mol. The third-order valence-electron chi connectivity index (χ3n) is 4.35. The summed E-state index contributed by atoms with van der Waals surface area (Å²) in [5, 5.41) is 5.89. The van der Waals surface area contributed by atoms with Gasteiger partial charge in [-0.1, -0.05) is 18.2 Å². The van der Waals surface area contributed by atoms with Crippen LogP contribution in [0.3, 0.4) is 0 Å². The van der Waals surface area contributed by atoms with Crippen molar-refractivity contribution in [3.63, 3.8) is 0 Å². The highest BCUT2D eigenvalue weighted by Gasteiger charge is 2.48. The molecule has 25 heavy (non-hydrogen) atoms. The summed E-state index contributed by atoms with van der Waals surface area (Å²) in [5.74, 6) is 0.271. The van der Waals surface area contributed by atoms with Gasteiger partial charge in [0.2, 0.25) is 5.91 Å². The molecule has 1 saturated heterocycles. The number of rotatable bonds is 6. The maximum Gasteiger partial charge on any atom is 0.241 e. The van der Waals surface area contributed by atoms with Crippen molar-refractivity contribution >= 4 is 28.2 Å². The van der Waals surface area contributed by atoms with E-state index < -0.39 is 26.1 Å². The van der Waals surface area contributed by atoms with Gasteiger partial charge >= 0.3 is 0 Å². The van der Waals surface area contributed by atoms with Gasteiger partial charge in [0.15, 0.2) is 14.6 Å². The molecule has 0 spiro atoms. The summed E-state index contributed by atoms with van der Waals surface area (Å²) in [6, 6.07) is 9.33. The molecule has 0 radical (unpaired) electrons. The molecule has 2 N–H and O–H groups in total. The van der Waals surface area contributed by atoms with E-state index in [1.807, 2.05) is 44.2 Å². The zero-order chi connectivity index (χ0) is 17.8. The normalized spacial score (nSPS) is 17.2. The second-order valence-electron chi connectivity index (χ2n) is 6.87. The largest absolute Gasteiger partial charge is 0.486 e. The smallest absolute Gasteiger partial charge is 0.241 e. The average Bonchev–Trinajstić information content (AvgIpc) is 2.53. The Morgan fingerprint density at radius 1 is 1.24 bits per heavy atom. The highest BCUT2D eigenvalue weighted by Crippen LogP contribution is 2.28.